The van der Waals surface area contributed by atoms with Gasteiger partial charge < -0.3 is 20.6 Å². The first-order chi connectivity index (χ1) is 11.0. The summed E-state index contributed by atoms with van der Waals surface area (Å²) in [6.07, 6.45) is 2.45. The van der Waals surface area contributed by atoms with Crippen molar-refractivity contribution in [3.8, 4) is 0 Å². The monoisotopic (exact) mass is 323 g/mol. The number of hydrogen-bond acceptors (Lipinski definition) is 4. The van der Waals surface area contributed by atoms with Crippen LogP contribution in [0.15, 0.2) is 6.07 Å². The first-order valence-electron chi connectivity index (χ1n) is 7.97. The van der Waals surface area contributed by atoms with Crippen LogP contribution < -0.4 is 15.5 Å². The Balaban J connectivity index is 1.78. The number of nitrogens with one attached hydrogen (secondary N) is 2. The fourth-order valence-corrected chi connectivity index (χ4v) is 2.87. The number of nitrogens with zero attached hydrogens (tertiary/aromatic N) is 3. The molecule has 2 rings (SSSR count). The van der Waals surface area contributed by atoms with Gasteiger partial charge in [-0.3, -0.25) is 9.48 Å². The average Bonchev–Trinajstić information content (AvgIpc) is 2.82. The molecule has 23 heavy (non-hydrogen) atoms. The lowest BCUT2D eigenvalue weighted by atomic mass is 10.1. The largest absolute Gasteiger partial charge is 0.481 e. The Hall–Kier alpha value is -2.25. The normalized spacial score (nSPS) is 17.8. The zero-order valence-corrected chi connectivity index (χ0v) is 13.7. The topological polar surface area (TPSA) is 99.5 Å². The number of aryl methyl sites for hydroxylation is 2. The van der Waals surface area contributed by atoms with Gasteiger partial charge in [0, 0.05) is 45.2 Å². The second-order valence-electron chi connectivity index (χ2n) is 5.95. The van der Waals surface area contributed by atoms with E-state index in [4.69, 9.17) is 5.11 Å². The molecule has 8 heteroatoms. The van der Waals surface area contributed by atoms with Gasteiger partial charge in [-0.15, -0.1) is 0 Å². The smallest absolute Gasteiger partial charge is 0.315 e. The lowest BCUT2D eigenvalue weighted by Gasteiger charge is -2.34. The molecular formula is C15H25N5O3. The van der Waals surface area contributed by atoms with Crippen LogP contribution in [0.3, 0.4) is 0 Å². The maximum Gasteiger partial charge on any atom is 0.315 e. The number of carbonyl (C=O) groups excluding carboxylic acids is 1. The van der Waals surface area contributed by atoms with Gasteiger partial charge in [-0.2, -0.15) is 5.10 Å². The summed E-state index contributed by atoms with van der Waals surface area (Å²) in [5.74, 6) is 0.220. The second kappa shape index (κ2) is 7.85. The van der Waals surface area contributed by atoms with E-state index < -0.39 is 5.97 Å². The zero-order valence-electron chi connectivity index (χ0n) is 13.7. The number of aliphatic carboxylic acids is 1. The van der Waals surface area contributed by atoms with Crippen LogP contribution in [0.4, 0.5) is 10.6 Å². The molecule has 128 valence electrons. The highest BCUT2D eigenvalue weighted by atomic mass is 16.4. The number of urea groups is 1. The maximum atomic E-state index is 11.9. The highest BCUT2D eigenvalue weighted by molar-refractivity contribution is 5.74. The number of carboxylic acid groups (broad SMARTS) is 1. The highest BCUT2D eigenvalue weighted by Gasteiger charge is 2.23. The van der Waals surface area contributed by atoms with Crippen LogP contribution in [0.5, 0.6) is 0 Å². The molecule has 0 radical (unpaired) electrons. The summed E-state index contributed by atoms with van der Waals surface area (Å²) in [7, 11) is 1.93. The summed E-state index contributed by atoms with van der Waals surface area (Å²) in [5, 5.41) is 18.6. The predicted octanol–water partition coefficient (Wildman–Crippen LogP) is 0.861. The van der Waals surface area contributed by atoms with Gasteiger partial charge in [0.05, 0.1) is 5.69 Å². The summed E-state index contributed by atoms with van der Waals surface area (Å²) < 4.78 is 1.86. The van der Waals surface area contributed by atoms with Crippen molar-refractivity contribution in [2.24, 2.45) is 7.05 Å². The fraction of sp³-hybridized carbons (Fsp3) is 0.667. The summed E-state index contributed by atoms with van der Waals surface area (Å²) in [6.45, 7) is 4.04. The van der Waals surface area contributed by atoms with E-state index in [1.54, 1.807) is 0 Å². The minimum absolute atomic E-state index is 0.0668. The molecule has 2 amide bonds. The van der Waals surface area contributed by atoms with E-state index in [0.29, 0.717) is 13.0 Å². The van der Waals surface area contributed by atoms with E-state index in [2.05, 4.69) is 20.6 Å². The van der Waals surface area contributed by atoms with E-state index in [-0.39, 0.29) is 18.5 Å². The molecule has 8 nitrogen and oxygen atoms in total. The number of anilines is 1. The van der Waals surface area contributed by atoms with E-state index in [1.165, 1.54) is 0 Å². The van der Waals surface area contributed by atoms with Crippen LogP contribution in [0, 0.1) is 6.92 Å². The molecular weight excluding hydrogens is 298 g/mol. The number of aromatic nitrogens is 2. The van der Waals surface area contributed by atoms with Crippen molar-refractivity contribution in [1.29, 1.82) is 0 Å². The van der Waals surface area contributed by atoms with Gasteiger partial charge in [0.2, 0.25) is 0 Å². The van der Waals surface area contributed by atoms with Crippen LogP contribution in [0.25, 0.3) is 0 Å². The molecule has 0 bridgehead atoms. The Morgan fingerprint density at radius 1 is 1.48 bits per heavy atom. The molecule has 2 heterocycles. The van der Waals surface area contributed by atoms with Crippen molar-refractivity contribution < 1.29 is 14.7 Å². The SMILES string of the molecule is Cc1cc(N2CCCC(NC(=O)NCCCC(=O)O)C2)n(C)n1. The van der Waals surface area contributed by atoms with Crippen LogP contribution in [0.2, 0.25) is 0 Å². The molecule has 0 aromatic carbocycles. The average molecular weight is 323 g/mol. The third-order valence-corrected chi connectivity index (χ3v) is 3.91. The molecule has 1 aliphatic rings. The summed E-state index contributed by atoms with van der Waals surface area (Å²) in [5.41, 5.74) is 0.980. The summed E-state index contributed by atoms with van der Waals surface area (Å²) in [4.78, 5) is 24.5. The molecule has 1 aromatic rings. The third-order valence-electron chi connectivity index (χ3n) is 3.91. The van der Waals surface area contributed by atoms with Gasteiger partial charge in [-0.1, -0.05) is 0 Å². The first-order valence-corrected chi connectivity index (χ1v) is 7.97. The van der Waals surface area contributed by atoms with Gasteiger partial charge >= 0.3 is 12.0 Å². The molecule has 0 aliphatic carbocycles. The molecule has 1 saturated heterocycles. The van der Waals surface area contributed by atoms with Gasteiger partial charge in [0.15, 0.2) is 0 Å². The zero-order chi connectivity index (χ0) is 16.8. The van der Waals surface area contributed by atoms with Crippen molar-refractivity contribution in [2.45, 2.75) is 38.6 Å². The van der Waals surface area contributed by atoms with Gasteiger partial charge in [0.25, 0.3) is 0 Å². The van der Waals surface area contributed by atoms with Gasteiger partial charge in [-0.25, -0.2) is 4.79 Å². The number of hydrogen-bond donors (Lipinski definition) is 3. The van der Waals surface area contributed by atoms with E-state index in [1.807, 2.05) is 24.7 Å². The Labute approximate surface area is 135 Å². The van der Waals surface area contributed by atoms with Crippen LogP contribution >= 0.6 is 0 Å². The molecule has 1 aromatic heterocycles. The van der Waals surface area contributed by atoms with Crippen molar-refractivity contribution in [2.75, 3.05) is 24.5 Å². The number of piperidine rings is 1. The number of amides is 2. The molecule has 0 saturated carbocycles. The fourth-order valence-electron chi connectivity index (χ4n) is 2.87. The van der Waals surface area contributed by atoms with Crippen LogP contribution in [-0.2, 0) is 11.8 Å². The van der Waals surface area contributed by atoms with Gasteiger partial charge in [-0.05, 0) is 26.2 Å². The van der Waals surface area contributed by atoms with Crippen LogP contribution in [0.1, 0.15) is 31.4 Å². The first kappa shape index (κ1) is 17.1. The molecule has 1 fully saturated rings. The second-order valence-corrected chi connectivity index (χ2v) is 5.95. The standard InChI is InChI=1S/C15H25N5O3/c1-11-9-13(19(2)18-11)20-8-4-5-12(10-20)17-15(23)16-7-3-6-14(21)22/h9,12H,3-8,10H2,1-2H3,(H,21,22)(H2,16,17,23). The minimum atomic E-state index is -0.846. The molecule has 1 aliphatic heterocycles. The lowest BCUT2D eigenvalue weighted by Crippen LogP contribution is -2.51. The number of carboxylic acids is 1. The molecule has 1 unspecified atom stereocenters. The molecule has 1 atom stereocenters. The lowest BCUT2D eigenvalue weighted by molar-refractivity contribution is -0.137. The quantitative estimate of drug-likeness (QED) is 0.674. The van der Waals surface area contributed by atoms with E-state index >= 15 is 0 Å². The third kappa shape index (κ3) is 5.15. The van der Waals surface area contributed by atoms with Gasteiger partial charge in [0.1, 0.15) is 5.82 Å². The Morgan fingerprint density at radius 3 is 2.91 bits per heavy atom. The van der Waals surface area contributed by atoms with Crippen LogP contribution in [-0.4, -0.2) is 52.6 Å². The van der Waals surface area contributed by atoms with E-state index in [9.17, 15) is 9.59 Å². The Morgan fingerprint density at radius 2 is 2.26 bits per heavy atom. The Kier molecular flexibility index (Phi) is 5.84. The molecule has 0 spiro atoms. The predicted molar refractivity (Wildman–Crippen MR) is 86.6 cm³/mol. The Bertz CT molecular complexity index is 557. The number of carbonyl (C=O) groups is 2. The van der Waals surface area contributed by atoms with Crippen molar-refractivity contribution in [3.05, 3.63) is 11.8 Å². The van der Waals surface area contributed by atoms with Crippen molar-refractivity contribution in [1.82, 2.24) is 20.4 Å². The minimum Gasteiger partial charge on any atom is -0.481 e. The summed E-state index contributed by atoms with van der Waals surface area (Å²) >= 11 is 0. The van der Waals surface area contributed by atoms with E-state index in [0.717, 1.165) is 37.4 Å². The highest BCUT2D eigenvalue weighted by Crippen LogP contribution is 2.20. The molecule has 3 N–H and O–H groups in total. The maximum absolute atomic E-state index is 11.9. The number of rotatable bonds is 6. The van der Waals surface area contributed by atoms with Crippen molar-refractivity contribution in [3.63, 3.8) is 0 Å². The summed E-state index contributed by atoms with van der Waals surface area (Å²) in [6, 6.07) is 1.90. The van der Waals surface area contributed by atoms with Crippen molar-refractivity contribution >= 4 is 17.8 Å².